The molecule has 1 amide bonds. The number of ether oxygens (including phenoxy) is 1. The molecule has 0 radical (unpaired) electrons. The predicted molar refractivity (Wildman–Crippen MR) is 71.8 cm³/mol. The molecule has 0 aliphatic carbocycles. The third kappa shape index (κ3) is 6.14. The van der Waals surface area contributed by atoms with Gasteiger partial charge in [0.1, 0.15) is 5.75 Å². The molecule has 0 saturated carbocycles. The summed E-state index contributed by atoms with van der Waals surface area (Å²) in [6.07, 6.45) is 2.13. The second kappa shape index (κ2) is 8.84. The van der Waals surface area contributed by atoms with Crippen molar-refractivity contribution in [3.8, 4) is 5.75 Å². The van der Waals surface area contributed by atoms with Crippen LogP contribution < -0.4 is 15.8 Å². The number of anilines is 1. The summed E-state index contributed by atoms with van der Waals surface area (Å²) in [4.78, 5) is 11.1. The molecule has 0 fully saturated rings. The van der Waals surface area contributed by atoms with E-state index < -0.39 is 0 Å². The topological polar surface area (TPSA) is 64.3 Å². The summed E-state index contributed by atoms with van der Waals surface area (Å²) in [6, 6.07) is 7.31. The van der Waals surface area contributed by atoms with Gasteiger partial charge in [-0.1, -0.05) is 19.4 Å². The van der Waals surface area contributed by atoms with Crippen LogP contribution in [-0.2, 0) is 4.79 Å². The maximum Gasteiger partial charge on any atom is 0.238 e. The number of hydrogen-bond donors (Lipinski definition) is 2. The Hall–Kier alpha value is -1.26. The van der Waals surface area contributed by atoms with E-state index in [1.165, 1.54) is 0 Å². The van der Waals surface area contributed by atoms with Gasteiger partial charge in [0.15, 0.2) is 0 Å². The first kappa shape index (κ1) is 15.7. The molecule has 0 bridgehead atoms. The molecule has 0 heterocycles. The van der Waals surface area contributed by atoms with Crippen LogP contribution in [0, 0.1) is 0 Å². The van der Waals surface area contributed by atoms with Crippen molar-refractivity contribution < 1.29 is 9.53 Å². The fourth-order valence-electron chi connectivity index (χ4n) is 1.21. The van der Waals surface area contributed by atoms with Gasteiger partial charge in [0.25, 0.3) is 0 Å². The van der Waals surface area contributed by atoms with Gasteiger partial charge < -0.3 is 15.8 Å². The number of nitrogens with two attached hydrogens (primary N) is 1. The maximum atomic E-state index is 11.1. The van der Waals surface area contributed by atoms with Crippen molar-refractivity contribution in [3.05, 3.63) is 24.3 Å². The molecule has 5 heteroatoms. The van der Waals surface area contributed by atoms with Crippen LogP contribution in [0.5, 0.6) is 5.75 Å². The first-order chi connectivity index (χ1) is 7.76. The first-order valence-electron chi connectivity index (χ1n) is 5.49. The fraction of sp³-hybridized carbons (Fsp3) is 0.417. The zero-order valence-electron chi connectivity index (χ0n) is 9.94. The summed E-state index contributed by atoms with van der Waals surface area (Å²) >= 11 is 0. The molecule has 0 saturated heterocycles. The highest BCUT2D eigenvalue weighted by molar-refractivity contribution is 5.92. The number of carbonyl (C=O) groups excluding carboxylic acids is 1. The van der Waals surface area contributed by atoms with Gasteiger partial charge in [-0.15, -0.1) is 12.4 Å². The van der Waals surface area contributed by atoms with Gasteiger partial charge in [-0.05, 0) is 18.6 Å². The lowest BCUT2D eigenvalue weighted by atomic mass is 10.3. The Morgan fingerprint density at radius 1 is 1.47 bits per heavy atom. The Labute approximate surface area is 108 Å². The van der Waals surface area contributed by atoms with E-state index in [1.807, 2.05) is 12.1 Å². The summed E-state index contributed by atoms with van der Waals surface area (Å²) in [5.41, 5.74) is 5.93. The smallest absolute Gasteiger partial charge is 0.238 e. The average molecular weight is 259 g/mol. The Kier molecular flexibility index (Phi) is 8.19. The van der Waals surface area contributed by atoms with Gasteiger partial charge in [-0.25, -0.2) is 0 Å². The standard InChI is InChI=1S/C12H18N2O2.ClH/c1-2-3-7-16-11-6-4-5-10(8-11)14-12(15)9-13;/h4-6,8H,2-3,7,9,13H2,1H3,(H,14,15);1H. The van der Waals surface area contributed by atoms with Crippen LogP contribution in [0.1, 0.15) is 19.8 Å². The van der Waals surface area contributed by atoms with Crippen LogP contribution in [0.4, 0.5) is 5.69 Å². The van der Waals surface area contributed by atoms with E-state index in [-0.39, 0.29) is 24.9 Å². The number of hydrogen-bond acceptors (Lipinski definition) is 3. The van der Waals surface area contributed by atoms with E-state index in [4.69, 9.17) is 10.5 Å². The molecule has 1 aromatic rings. The van der Waals surface area contributed by atoms with Crippen LogP contribution in [0.2, 0.25) is 0 Å². The highest BCUT2D eigenvalue weighted by atomic mass is 35.5. The van der Waals surface area contributed by atoms with Crippen molar-refractivity contribution in [3.63, 3.8) is 0 Å². The third-order valence-electron chi connectivity index (χ3n) is 2.07. The summed E-state index contributed by atoms with van der Waals surface area (Å²) in [6.45, 7) is 2.80. The molecule has 96 valence electrons. The van der Waals surface area contributed by atoms with Crippen molar-refractivity contribution >= 4 is 24.0 Å². The minimum Gasteiger partial charge on any atom is -0.494 e. The fourth-order valence-corrected chi connectivity index (χ4v) is 1.21. The molecule has 0 unspecified atom stereocenters. The number of rotatable bonds is 6. The van der Waals surface area contributed by atoms with Crippen molar-refractivity contribution in [1.82, 2.24) is 0 Å². The van der Waals surface area contributed by atoms with Gasteiger partial charge >= 0.3 is 0 Å². The van der Waals surface area contributed by atoms with Crippen LogP contribution in [0.15, 0.2) is 24.3 Å². The lowest BCUT2D eigenvalue weighted by Crippen LogP contribution is -2.21. The number of nitrogens with one attached hydrogen (secondary N) is 1. The normalized spacial score (nSPS) is 9.29. The van der Waals surface area contributed by atoms with E-state index >= 15 is 0 Å². The van der Waals surface area contributed by atoms with Crippen LogP contribution in [-0.4, -0.2) is 19.1 Å². The summed E-state index contributed by atoms with van der Waals surface area (Å²) < 4.78 is 5.52. The maximum absolute atomic E-state index is 11.1. The Balaban J connectivity index is 0.00000256. The van der Waals surface area contributed by atoms with Crippen LogP contribution in [0.3, 0.4) is 0 Å². The first-order valence-corrected chi connectivity index (χ1v) is 5.49. The van der Waals surface area contributed by atoms with Crippen molar-refractivity contribution in [2.75, 3.05) is 18.5 Å². The van der Waals surface area contributed by atoms with Gasteiger partial charge in [0.2, 0.25) is 5.91 Å². The summed E-state index contributed by atoms with van der Waals surface area (Å²) in [5, 5.41) is 2.68. The molecule has 0 aliphatic rings. The van der Waals surface area contributed by atoms with Crippen molar-refractivity contribution in [2.24, 2.45) is 5.73 Å². The molecule has 0 aliphatic heterocycles. The molecule has 17 heavy (non-hydrogen) atoms. The molecule has 1 aromatic carbocycles. The zero-order valence-corrected chi connectivity index (χ0v) is 10.8. The molecular formula is C12H19ClN2O2. The van der Waals surface area contributed by atoms with Crippen molar-refractivity contribution in [1.29, 1.82) is 0 Å². The molecule has 4 nitrogen and oxygen atoms in total. The third-order valence-corrected chi connectivity index (χ3v) is 2.07. The number of amides is 1. The van der Waals surface area contributed by atoms with Crippen molar-refractivity contribution in [2.45, 2.75) is 19.8 Å². The predicted octanol–water partition coefficient (Wildman–Crippen LogP) is 2.18. The minimum atomic E-state index is -0.203. The van der Waals surface area contributed by atoms with E-state index in [2.05, 4.69) is 12.2 Å². The average Bonchev–Trinajstić information content (AvgIpc) is 2.30. The Morgan fingerprint density at radius 3 is 2.88 bits per heavy atom. The molecule has 1 rings (SSSR count). The molecule has 0 aromatic heterocycles. The second-order valence-electron chi connectivity index (χ2n) is 3.48. The van der Waals surface area contributed by atoms with Gasteiger partial charge in [-0.2, -0.15) is 0 Å². The molecule has 0 spiro atoms. The van der Waals surface area contributed by atoms with E-state index in [0.29, 0.717) is 12.3 Å². The molecule has 0 atom stereocenters. The largest absolute Gasteiger partial charge is 0.494 e. The van der Waals surface area contributed by atoms with Crippen LogP contribution in [0.25, 0.3) is 0 Å². The van der Waals surface area contributed by atoms with Crippen LogP contribution >= 0.6 is 12.4 Å². The number of halogens is 1. The molecule has 3 N–H and O–H groups in total. The number of carbonyl (C=O) groups is 1. The summed E-state index contributed by atoms with van der Waals surface area (Å²) in [7, 11) is 0. The lowest BCUT2D eigenvalue weighted by molar-refractivity contribution is -0.114. The molecular weight excluding hydrogens is 240 g/mol. The Morgan fingerprint density at radius 2 is 2.24 bits per heavy atom. The zero-order chi connectivity index (χ0) is 11.8. The highest BCUT2D eigenvalue weighted by Gasteiger charge is 2.00. The van der Waals surface area contributed by atoms with E-state index in [0.717, 1.165) is 18.6 Å². The SMILES string of the molecule is CCCCOc1cccc(NC(=O)CN)c1.Cl. The minimum absolute atomic E-state index is 0. The van der Waals surface area contributed by atoms with E-state index in [9.17, 15) is 4.79 Å². The second-order valence-corrected chi connectivity index (χ2v) is 3.48. The quantitative estimate of drug-likeness (QED) is 0.769. The van der Waals surface area contributed by atoms with Gasteiger partial charge in [-0.3, -0.25) is 4.79 Å². The Bertz CT molecular complexity index is 345. The number of benzene rings is 1. The van der Waals surface area contributed by atoms with Gasteiger partial charge in [0, 0.05) is 11.8 Å². The van der Waals surface area contributed by atoms with E-state index in [1.54, 1.807) is 12.1 Å². The van der Waals surface area contributed by atoms with Gasteiger partial charge in [0.05, 0.1) is 13.2 Å². The number of unbranched alkanes of at least 4 members (excludes halogenated alkanes) is 1. The lowest BCUT2D eigenvalue weighted by Gasteiger charge is -2.08. The monoisotopic (exact) mass is 258 g/mol. The highest BCUT2D eigenvalue weighted by Crippen LogP contribution is 2.17. The summed E-state index contributed by atoms with van der Waals surface area (Å²) in [5.74, 6) is 0.564.